The Morgan fingerprint density at radius 1 is 1.20 bits per heavy atom. The van der Waals surface area contributed by atoms with Gasteiger partial charge >= 0.3 is 5.97 Å². The number of esters is 1. The molecule has 3 aromatic rings. The van der Waals surface area contributed by atoms with Gasteiger partial charge in [-0.1, -0.05) is 36.8 Å². The van der Waals surface area contributed by atoms with Gasteiger partial charge in [0.1, 0.15) is 12.1 Å². The summed E-state index contributed by atoms with van der Waals surface area (Å²) in [6, 6.07) is 12.0. The van der Waals surface area contributed by atoms with Crippen molar-refractivity contribution in [1.29, 1.82) is 0 Å². The molecule has 0 aliphatic carbocycles. The van der Waals surface area contributed by atoms with E-state index >= 15 is 0 Å². The predicted molar refractivity (Wildman–Crippen MR) is 95.2 cm³/mol. The number of nitrogens with one attached hydrogen (secondary N) is 1. The zero-order chi connectivity index (χ0) is 17.5. The Kier molecular flexibility index (Phi) is 5.56. The molecule has 0 aliphatic heterocycles. The number of hydrogen-bond acceptors (Lipinski definition) is 6. The summed E-state index contributed by atoms with van der Waals surface area (Å²) in [6.45, 7) is 0.786. The van der Waals surface area contributed by atoms with E-state index in [1.807, 2.05) is 36.4 Å². The average molecular weight is 339 g/mol. The van der Waals surface area contributed by atoms with Gasteiger partial charge in [-0.25, -0.2) is 4.98 Å². The van der Waals surface area contributed by atoms with Gasteiger partial charge in [-0.3, -0.25) is 4.79 Å². The smallest absolute Gasteiger partial charge is 0.305 e. The van der Waals surface area contributed by atoms with Crippen LogP contribution >= 0.6 is 0 Å². The van der Waals surface area contributed by atoms with Gasteiger partial charge < -0.3 is 10.1 Å². The first-order chi connectivity index (χ1) is 12.3. The number of carbonyl (C=O) groups is 1. The summed E-state index contributed by atoms with van der Waals surface area (Å²) in [5, 5.41) is 7.61. The quantitative estimate of drug-likeness (QED) is 0.502. The zero-order valence-electron chi connectivity index (χ0n) is 14.2. The number of carbonyl (C=O) groups excluding carboxylic acids is 1. The van der Waals surface area contributed by atoms with Crippen LogP contribution in [0.15, 0.2) is 42.7 Å². The minimum atomic E-state index is -0.154. The Balaban J connectivity index is 1.64. The second-order valence-electron chi connectivity index (χ2n) is 5.68. The molecular weight excluding hydrogens is 318 g/mol. The maximum atomic E-state index is 11.1. The summed E-state index contributed by atoms with van der Waals surface area (Å²) in [5.41, 5.74) is 1.89. The van der Waals surface area contributed by atoms with Gasteiger partial charge in [0.05, 0.1) is 12.8 Å². The molecule has 0 saturated carbocycles. The molecule has 0 bridgehead atoms. The fourth-order valence-electron chi connectivity index (χ4n) is 2.58. The number of benzene rings is 1. The van der Waals surface area contributed by atoms with Crippen molar-refractivity contribution in [2.45, 2.75) is 25.7 Å². The summed E-state index contributed by atoms with van der Waals surface area (Å²) in [5.74, 6) is 1.27. The second kappa shape index (κ2) is 8.23. The van der Waals surface area contributed by atoms with Crippen LogP contribution in [0.25, 0.3) is 17.0 Å². The van der Waals surface area contributed by atoms with E-state index in [1.165, 1.54) is 13.4 Å². The minimum Gasteiger partial charge on any atom is -0.469 e. The van der Waals surface area contributed by atoms with Crippen LogP contribution in [0.1, 0.15) is 25.7 Å². The van der Waals surface area contributed by atoms with Crippen molar-refractivity contribution in [1.82, 2.24) is 19.6 Å². The zero-order valence-corrected chi connectivity index (χ0v) is 14.2. The van der Waals surface area contributed by atoms with Gasteiger partial charge in [-0.2, -0.15) is 14.6 Å². The molecule has 1 aromatic carbocycles. The Hall–Kier alpha value is -2.96. The Morgan fingerprint density at radius 2 is 2.04 bits per heavy atom. The highest BCUT2D eigenvalue weighted by molar-refractivity contribution is 5.69. The highest BCUT2D eigenvalue weighted by Gasteiger charge is 2.08. The van der Waals surface area contributed by atoms with Gasteiger partial charge in [0.25, 0.3) is 5.78 Å². The number of aromatic nitrogens is 4. The molecule has 25 heavy (non-hydrogen) atoms. The van der Waals surface area contributed by atoms with Crippen LogP contribution in [0.3, 0.4) is 0 Å². The Morgan fingerprint density at radius 3 is 2.84 bits per heavy atom. The van der Waals surface area contributed by atoms with Gasteiger partial charge in [0.15, 0.2) is 0 Å². The van der Waals surface area contributed by atoms with Crippen LogP contribution in [0, 0.1) is 0 Å². The molecule has 0 fully saturated rings. The summed E-state index contributed by atoms with van der Waals surface area (Å²) >= 11 is 0. The maximum absolute atomic E-state index is 11.1. The van der Waals surface area contributed by atoms with Crippen molar-refractivity contribution in [2.75, 3.05) is 19.0 Å². The Bertz CT molecular complexity index is 832. The molecule has 3 rings (SSSR count). The molecule has 2 heterocycles. The number of unbranched alkanes of at least 4 members (excludes halogenated alkanes) is 2. The summed E-state index contributed by atoms with van der Waals surface area (Å²) < 4.78 is 6.34. The molecule has 0 saturated heterocycles. The molecule has 0 aliphatic rings. The van der Waals surface area contributed by atoms with Gasteiger partial charge in [-0.05, 0) is 12.8 Å². The van der Waals surface area contributed by atoms with Gasteiger partial charge in [0, 0.05) is 24.6 Å². The normalized spacial score (nSPS) is 10.8. The summed E-state index contributed by atoms with van der Waals surface area (Å²) in [4.78, 5) is 19.8. The molecule has 0 spiro atoms. The highest BCUT2D eigenvalue weighted by atomic mass is 16.5. The molecule has 7 heteroatoms. The molecule has 130 valence electrons. The number of ether oxygens (including phenoxy) is 1. The first-order valence-electron chi connectivity index (χ1n) is 8.35. The van der Waals surface area contributed by atoms with E-state index in [2.05, 4.69) is 25.1 Å². The van der Waals surface area contributed by atoms with Crippen molar-refractivity contribution in [3.8, 4) is 11.3 Å². The van der Waals surface area contributed by atoms with E-state index in [0.29, 0.717) is 12.2 Å². The van der Waals surface area contributed by atoms with Crippen molar-refractivity contribution in [2.24, 2.45) is 0 Å². The summed E-state index contributed by atoms with van der Waals surface area (Å²) in [6.07, 6.45) is 4.71. The third kappa shape index (κ3) is 4.32. The fraction of sp³-hybridized carbons (Fsp3) is 0.333. The molecule has 0 amide bonds. The molecule has 7 nitrogen and oxygen atoms in total. The van der Waals surface area contributed by atoms with E-state index < -0.39 is 0 Å². The van der Waals surface area contributed by atoms with Crippen LogP contribution in [-0.4, -0.2) is 39.2 Å². The molecule has 2 aromatic heterocycles. The lowest BCUT2D eigenvalue weighted by atomic mass is 10.1. The van der Waals surface area contributed by atoms with Crippen LogP contribution in [0.2, 0.25) is 0 Å². The Labute approximate surface area is 146 Å². The molecule has 0 atom stereocenters. The predicted octanol–water partition coefficient (Wildman–Crippen LogP) is 2.94. The van der Waals surface area contributed by atoms with Crippen LogP contribution in [0.4, 0.5) is 5.82 Å². The van der Waals surface area contributed by atoms with E-state index in [1.54, 1.807) is 4.52 Å². The third-order valence-electron chi connectivity index (χ3n) is 3.91. The first kappa shape index (κ1) is 16.9. The molecule has 0 radical (unpaired) electrons. The molecule has 1 N–H and O–H groups in total. The molecule has 0 unspecified atom stereocenters. The topological polar surface area (TPSA) is 81.4 Å². The fourth-order valence-corrected chi connectivity index (χ4v) is 2.58. The van der Waals surface area contributed by atoms with Crippen molar-refractivity contribution < 1.29 is 9.53 Å². The minimum absolute atomic E-state index is 0.154. The van der Waals surface area contributed by atoms with Crippen molar-refractivity contribution in [3.63, 3.8) is 0 Å². The van der Waals surface area contributed by atoms with Gasteiger partial charge in [-0.15, -0.1) is 0 Å². The van der Waals surface area contributed by atoms with Crippen molar-refractivity contribution >= 4 is 17.6 Å². The number of nitrogens with zero attached hydrogens (tertiary/aromatic N) is 4. The number of hydrogen-bond donors (Lipinski definition) is 1. The number of anilines is 1. The van der Waals surface area contributed by atoms with Crippen LogP contribution in [0.5, 0.6) is 0 Å². The van der Waals surface area contributed by atoms with Crippen LogP contribution < -0.4 is 5.32 Å². The number of fused-ring (bicyclic) bond motifs is 1. The summed E-state index contributed by atoms with van der Waals surface area (Å²) in [7, 11) is 1.42. The molecular formula is C18H21N5O2. The third-order valence-corrected chi connectivity index (χ3v) is 3.91. The van der Waals surface area contributed by atoms with Gasteiger partial charge in [0.2, 0.25) is 0 Å². The monoisotopic (exact) mass is 339 g/mol. The standard InChI is InChI=1S/C18H21N5O2/c1-25-17(24)10-6-3-7-11-19-16-12-15(14-8-4-2-5-9-14)22-18-20-13-21-23(16)18/h2,4-5,8-9,12-13,19H,3,6-7,10-11H2,1H3. The SMILES string of the molecule is COC(=O)CCCCCNc1cc(-c2ccccc2)nc2ncnn12. The van der Waals surface area contributed by atoms with E-state index in [4.69, 9.17) is 0 Å². The lowest BCUT2D eigenvalue weighted by Crippen LogP contribution is -2.08. The lowest BCUT2D eigenvalue weighted by Gasteiger charge is -2.10. The lowest BCUT2D eigenvalue weighted by molar-refractivity contribution is -0.140. The largest absolute Gasteiger partial charge is 0.469 e. The second-order valence-corrected chi connectivity index (χ2v) is 5.68. The van der Waals surface area contributed by atoms with Crippen LogP contribution in [-0.2, 0) is 9.53 Å². The average Bonchev–Trinajstić information content (AvgIpc) is 3.13. The highest BCUT2D eigenvalue weighted by Crippen LogP contribution is 2.21. The van der Waals surface area contributed by atoms with E-state index in [9.17, 15) is 4.79 Å². The first-order valence-corrected chi connectivity index (χ1v) is 8.35. The number of rotatable bonds is 8. The van der Waals surface area contributed by atoms with E-state index in [0.717, 1.165) is 42.9 Å². The van der Waals surface area contributed by atoms with E-state index in [-0.39, 0.29) is 5.97 Å². The maximum Gasteiger partial charge on any atom is 0.305 e. The van der Waals surface area contributed by atoms with Crippen molar-refractivity contribution in [3.05, 3.63) is 42.7 Å². The number of methoxy groups -OCH3 is 1.